The predicted octanol–water partition coefficient (Wildman–Crippen LogP) is 4.19. The molecule has 2 aliphatic rings. The summed E-state index contributed by atoms with van der Waals surface area (Å²) in [7, 11) is -3.88. The molecule has 1 saturated heterocycles. The van der Waals surface area contributed by atoms with Crippen LogP contribution in [-0.2, 0) is 14.8 Å². The van der Waals surface area contributed by atoms with E-state index in [1.165, 1.54) is 17.1 Å². The molecular formula is C26H27N3O4S. The number of hydrogen-bond donors (Lipinski definition) is 1. The van der Waals surface area contributed by atoms with E-state index in [1.54, 1.807) is 48.5 Å². The van der Waals surface area contributed by atoms with Gasteiger partial charge in [0.2, 0.25) is 0 Å². The Morgan fingerprint density at radius 3 is 2.32 bits per heavy atom. The molecule has 8 heteroatoms. The smallest absolute Gasteiger partial charge is 0.267 e. The summed E-state index contributed by atoms with van der Waals surface area (Å²) in [6.07, 6.45) is 1.40. The summed E-state index contributed by atoms with van der Waals surface area (Å²) in [5.41, 5.74) is 3.16. The number of nitrogens with one attached hydrogen (secondary N) is 1. The second-order valence-corrected chi connectivity index (χ2v) is 10.5. The van der Waals surface area contributed by atoms with Crippen LogP contribution in [0.25, 0.3) is 0 Å². The molecule has 1 N–H and O–H groups in total. The van der Waals surface area contributed by atoms with Gasteiger partial charge in [-0.3, -0.25) is 9.10 Å². The normalized spacial score (nSPS) is 17.7. The fraction of sp³-hybridized carbons (Fsp3) is 0.269. The van der Waals surface area contributed by atoms with Crippen LogP contribution in [-0.4, -0.2) is 40.1 Å². The van der Waals surface area contributed by atoms with Crippen molar-refractivity contribution in [1.82, 2.24) is 0 Å². The number of benzene rings is 3. The number of para-hydroxylation sites is 2. The van der Waals surface area contributed by atoms with E-state index < -0.39 is 22.0 Å². The maximum Gasteiger partial charge on any atom is 0.267 e. The van der Waals surface area contributed by atoms with Gasteiger partial charge in [-0.2, -0.15) is 0 Å². The highest BCUT2D eigenvalue weighted by Gasteiger charge is 2.37. The van der Waals surface area contributed by atoms with E-state index in [-0.39, 0.29) is 11.4 Å². The van der Waals surface area contributed by atoms with Gasteiger partial charge in [0.25, 0.3) is 15.9 Å². The molecule has 1 fully saturated rings. The molecule has 0 saturated carbocycles. The van der Waals surface area contributed by atoms with Crippen LogP contribution >= 0.6 is 0 Å². The van der Waals surface area contributed by atoms with Gasteiger partial charge in [0.15, 0.2) is 6.10 Å². The van der Waals surface area contributed by atoms with E-state index in [0.29, 0.717) is 17.1 Å². The molecule has 0 aliphatic carbocycles. The summed E-state index contributed by atoms with van der Waals surface area (Å²) in [5, 5.41) is 2.88. The molecule has 1 amide bonds. The number of ether oxygens (including phenoxy) is 1. The van der Waals surface area contributed by atoms with E-state index in [2.05, 4.69) is 10.2 Å². The monoisotopic (exact) mass is 477 g/mol. The van der Waals surface area contributed by atoms with Crippen molar-refractivity contribution in [2.75, 3.05) is 34.2 Å². The number of nitrogens with zero attached hydrogens (tertiary/aromatic N) is 2. The van der Waals surface area contributed by atoms with Crippen molar-refractivity contribution in [3.63, 3.8) is 0 Å². The number of sulfonamides is 1. The molecule has 0 bridgehead atoms. The largest absolute Gasteiger partial charge is 0.476 e. The van der Waals surface area contributed by atoms with Crippen LogP contribution in [0.3, 0.4) is 0 Å². The van der Waals surface area contributed by atoms with Crippen LogP contribution in [0.2, 0.25) is 0 Å². The van der Waals surface area contributed by atoms with Crippen molar-refractivity contribution in [2.24, 2.45) is 0 Å². The van der Waals surface area contributed by atoms with Crippen molar-refractivity contribution in [3.05, 3.63) is 78.4 Å². The quantitative estimate of drug-likeness (QED) is 0.596. The average Bonchev–Trinajstić information content (AvgIpc) is 3.39. The molecule has 3 aromatic rings. The number of aryl methyl sites for hydroxylation is 1. The van der Waals surface area contributed by atoms with Crippen molar-refractivity contribution >= 4 is 33.0 Å². The van der Waals surface area contributed by atoms with Gasteiger partial charge in [-0.1, -0.05) is 29.8 Å². The van der Waals surface area contributed by atoms with Crippen LogP contribution in [0.5, 0.6) is 5.75 Å². The van der Waals surface area contributed by atoms with Gasteiger partial charge in [-0.05, 0) is 68.3 Å². The van der Waals surface area contributed by atoms with Gasteiger partial charge in [0.1, 0.15) is 5.75 Å². The minimum atomic E-state index is -3.88. The van der Waals surface area contributed by atoms with Crippen LogP contribution in [0.4, 0.5) is 17.1 Å². The molecule has 0 unspecified atom stereocenters. The lowest BCUT2D eigenvalue weighted by atomic mass is 10.2. The third-order valence-electron chi connectivity index (χ3n) is 6.24. The molecule has 0 spiro atoms. The summed E-state index contributed by atoms with van der Waals surface area (Å²) in [6.45, 7) is 3.88. The Balaban J connectivity index is 1.37. The number of carbonyl (C=O) groups is 1. The van der Waals surface area contributed by atoms with Gasteiger partial charge in [-0.15, -0.1) is 0 Å². The fourth-order valence-electron chi connectivity index (χ4n) is 4.36. The second-order valence-electron chi connectivity index (χ2n) is 8.65. The van der Waals surface area contributed by atoms with Gasteiger partial charge < -0.3 is 15.0 Å². The highest BCUT2D eigenvalue weighted by molar-refractivity contribution is 7.92. The minimum Gasteiger partial charge on any atom is -0.476 e. The Hall–Kier alpha value is -3.52. The number of carbonyl (C=O) groups excluding carboxylic acids is 1. The topological polar surface area (TPSA) is 79.0 Å². The third kappa shape index (κ3) is 4.33. The zero-order valence-corrected chi connectivity index (χ0v) is 19.8. The summed E-state index contributed by atoms with van der Waals surface area (Å²) in [5.74, 6) is -0.0403. The lowest BCUT2D eigenvalue weighted by Gasteiger charge is -2.34. The second kappa shape index (κ2) is 9.02. The van der Waals surface area contributed by atoms with Gasteiger partial charge in [0.05, 0.1) is 17.1 Å². The molecule has 3 aromatic carbocycles. The van der Waals surface area contributed by atoms with Crippen molar-refractivity contribution in [2.45, 2.75) is 30.8 Å². The molecule has 0 aromatic heterocycles. The molecular weight excluding hydrogens is 450 g/mol. The first-order valence-electron chi connectivity index (χ1n) is 11.4. The summed E-state index contributed by atoms with van der Waals surface area (Å²) in [6, 6.07) is 21.3. The SMILES string of the molecule is Cc1ccc(S(=O)(=O)N2C[C@@H](C(=O)Nc3ccc(N4CCCC4)cc3)Oc3ccccc32)cc1. The standard InChI is InChI=1S/C26H27N3O4S/c1-19-8-14-22(15-9-19)34(31,32)29-18-25(33-24-7-3-2-6-23(24)29)26(30)27-20-10-12-21(13-11-20)28-16-4-5-17-28/h2-3,6-15,25H,4-5,16-18H2,1H3,(H,27,30)/t25-/m0/s1. The van der Waals surface area contributed by atoms with Crippen LogP contribution < -0.4 is 19.3 Å². The van der Waals surface area contributed by atoms with Crippen LogP contribution in [0.15, 0.2) is 77.7 Å². The molecule has 1 atom stereocenters. The van der Waals surface area contributed by atoms with Crippen LogP contribution in [0, 0.1) is 6.92 Å². The predicted molar refractivity (Wildman–Crippen MR) is 133 cm³/mol. The number of fused-ring (bicyclic) bond motifs is 1. The molecule has 2 aliphatic heterocycles. The van der Waals surface area contributed by atoms with Crippen molar-refractivity contribution < 1.29 is 17.9 Å². The third-order valence-corrected chi connectivity index (χ3v) is 8.04. The summed E-state index contributed by atoms with van der Waals surface area (Å²) < 4.78 is 34.2. The Bertz CT molecular complexity index is 1280. The average molecular weight is 478 g/mol. The zero-order valence-electron chi connectivity index (χ0n) is 19.0. The molecule has 0 radical (unpaired) electrons. The van der Waals surface area contributed by atoms with E-state index in [0.717, 1.165) is 24.3 Å². The van der Waals surface area contributed by atoms with Crippen molar-refractivity contribution in [1.29, 1.82) is 0 Å². The van der Waals surface area contributed by atoms with E-state index >= 15 is 0 Å². The highest BCUT2D eigenvalue weighted by atomic mass is 32.2. The van der Waals surface area contributed by atoms with Gasteiger partial charge in [0, 0.05) is 24.5 Å². The Labute approximate surface area is 200 Å². The Morgan fingerprint density at radius 2 is 1.62 bits per heavy atom. The number of hydrogen-bond acceptors (Lipinski definition) is 5. The lowest BCUT2D eigenvalue weighted by molar-refractivity contribution is -0.122. The molecule has 34 heavy (non-hydrogen) atoms. The van der Waals surface area contributed by atoms with E-state index in [4.69, 9.17) is 4.74 Å². The lowest BCUT2D eigenvalue weighted by Crippen LogP contribution is -2.48. The first-order valence-corrected chi connectivity index (χ1v) is 12.9. The maximum atomic E-state index is 13.5. The first kappa shape index (κ1) is 22.3. The fourth-order valence-corrected chi connectivity index (χ4v) is 5.83. The Morgan fingerprint density at radius 1 is 0.941 bits per heavy atom. The number of anilines is 3. The van der Waals surface area contributed by atoms with E-state index in [1.807, 2.05) is 31.2 Å². The molecule has 176 valence electrons. The molecule has 2 heterocycles. The number of rotatable bonds is 5. The van der Waals surface area contributed by atoms with E-state index in [9.17, 15) is 13.2 Å². The van der Waals surface area contributed by atoms with Crippen LogP contribution in [0.1, 0.15) is 18.4 Å². The van der Waals surface area contributed by atoms with Crippen molar-refractivity contribution in [3.8, 4) is 5.75 Å². The molecule has 7 nitrogen and oxygen atoms in total. The maximum absolute atomic E-state index is 13.5. The number of amides is 1. The zero-order chi connectivity index (χ0) is 23.7. The first-order chi connectivity index (χ1) is 16.4. The van der Waals surface area contributed by atoms with Gasteiger partial charge in [-0.25, -0.2) is 8.42 Å². The highest BCUT2D eigenvalue weighted by Crippen LogP contribution is 2.37. The minimum absolute atomic E-state index is 0.120. The van der Waals surface area contributed by atoms with Gasteiger partial charge >= 0.3 is 0 Å². The molecule has 5 rings (SSSR count). The summed E-state index contributed by atoms with van der Waals surface area (Å²) in [4.78, 5) is 15.6. The summed E-state index contributed by atoms with van der Waals surface area (Å²) >= 11 is 0. The Kier molecular flexibility index (Phi) is 5.91.